The van der Waals surface area contributed by atoms with E-state index in [0.717, 1.165) is 50.7 Å². The second-order valence-corrected chi connectivity index (χ2v) is 4.30. The Morgan fingerprint density at radius 1 is 0.889 bits per heavy atom. The zero-order valence-electron chi connectivity index (χ0n) is 10.2. The van der Waals surface area contributed by atoms with E-state index >= 15 is 0 Å². The van der Waals surface area contributed by atoms with Crippen molar-refractivity contribution in [1.29, 1.82) is 0 Å². The van der Waals surface area contributed by atoms with Crippen LogP contribution in [0.2, 0.25) is 0 Å². The largest absolute Gasteiger partial charge is 0.428 e. The van der Waals surface area contributed by atoms with Crippen LogP contribution in [-0.4, -0.2) is 11.9 Å². The molecule has 4 heteroatoms. The van der Waals surface area contributed by atoms with Gasteiger partial charge in [-0.2, -0.15) is 0 Å². The summed E-state index contributed by atoms with van der Waals surface area (Å²) in [5, 5.41) is 0. The molecule has 0 amide bonds. The van der Waals surface area contributed by atoms with E-state index in [2.05, 4.69) is 0 Å². The first-order chi connectivity index (χ1) is 8.74. The summed E-state index contributed by atoms with van der Waals surface area (Å²) in [6.45, 7) is 0. The maximum Gasteiger partial charge on any atom is 0.336 e. The van der Waals surface area contributed by atoms with Crippen molar-refractivity contribution < 1.29 is 19.1 Å². The van der Waals surface area contributed by atoms with Crippen LogP contribution in [0.15, 0.2) is 35.8 Å². The number of ether oxygens (including phenoxy) is 2. The van der Waals surface area contributed by atoms with Crippen LogP contribution >= 0.6 is 0 Å². The minimum absolute atomic E-state index is 0.527. The van der Waals surface area contributed by atoms with Crippen molar-refractivity contribution in [2.24, 2.45) is 0 Å². The van der Waals surface area contributed by atoms with E-state index in [4.69, 9.17) is 9.47 Å². The molecule has 0 N–H and O–H groups in total. The normalized spacial score (nSPS) is 18.7. The summed E-state index contributed by atoms with van der Waals surface area (Å²) >= 11 is 0. The predicted octanol–water partition coefficient (Wildman–Crippen LogP) is 2.76. The van der Waals surface area contributed by atoms with Crippen molar-refractivity contribution in [2.75, 3.05) is 0 Å². The SMILES string of the molecule is O=C(/C=C/C(=O)OC1=CCCC1)OC1=CCCC1. The van der Waals surface area contributed by atoms with Gasteiger partial charge in [0.25, 0.3) is 0 Å². The van der Waals surface area contributed by atoms with Crippen molar-refractivity contribution in [3.8, 4) is 0 Å². The molecule has 18 heavy (non-hydrogen) atoms. The number of hydrogen-bond donors (Lipinski definition) is 0. The zero-order valence-corrected chi connectivity index (χ0v) is 10.2. The molecule has 2 aliphatic rings. The van der Waals surface area contributed by atoms with Gasteiger partial charge in [-0.25, -0.2) is 9.59 Å². The lowest BCUT2D eigenvalue weighted by Gasteiger charge is -2.01. The van der Waals surface area contributed by atoms with Crippen LogP contribution in [-0.2, 0) is 19.1 Å². The van der Waals surface area contributed by atoms with E-state index in [-0.39, 0.29) is 0 Å². The van der Waals surface area contributed by atoms with Gasteiger partial charge in [0.05, 0.1) is 0 Å². The Hall–Kier alpha value is -1.84. The molecule has 0 aromatic rings. The molecule has 0 fully saturated rings. The van der Waals surface area contributed by atoms with Crippen LogP contribution < -0.4 is 0 Å². The van der Waals surface area contributed by atoms with Gasteiger partial charge in [0, 0.05) is 25.0 Å². The van der Waals surface area contributed by atoms with Gasteiger partial charge in [0.15, 0.2) is 0 Å². The molecule has 0 heterocycles. The second-order valence-electron chi connectivity index (χ2n) is 4.30. The molecular weight excluding hydrogens is 232 g/mol. The number of rotatable bonds is 4. The number of hydrogen-bond acceptors (Lipinski definition) is 4. The van der Waals surface area contributed by atoms with Crippen LogP contribution in [0.4, 0.5) is 0 Å². The lowest BCUT2D eigenvalue weighted by Crippen LogP contribution is -2.03. The molecule has 0 aromatic carbocycles. The molecular formula is C14H16O4. The van der Waals surface area contributed by atoms with Crippen molar-refractivity contribution in [3.05, 3.63) is 35.8 Å². The molecule has 2 aliphatic carbocycles. The average molecular weight is 248 g/mol. The lowest BCUT2D eigenvalue weighted by atomic mass is 10.3. The highest BCUT2D eigenvalue weighted by Gasteiger charge is 2.11. The fraction of sp³-hybridized carbons (Fsp3) is 0.429. The Morgan fingerprint density at radius 3 is 1.67 bits per heavy atom. The van der Waals surface area contributed by atoms with E-state index in [0.29, 0.717) is 11.5 Å². The summed E-state index contributed by atoms with van der Waals surface area (Å²) in [6, 6.07) is 0. The highest BCUT2D eigenvalue weighted by molar-refractivity contribution is 5.92. The summed E-state index contributed by atoms with van der Waals surface area (Å²) in [7, 11) is 0. The fourth-order valence-corrected chi connectivity index (χ4v) is 1.93. The number of allylic oxidation sites excluding steroid dienone is 4. The first kappa shape index (κ1) is 12.6. The van der Waals surface area contributed by atoms with Gasteiger partial charge in [0.1, 0.15) is 11.5 Å². The molecule has 0 atom stereocenters. The quantitative estimate of drug-likeness (QED) is 0.567. The maximum absolute atomic E-state index is 11.4. The fourth-order valence-electron chi connectivity index (χ4n) is 1.93. The molecule has 0 aromatic heterocycles. The Labute approximate surface area is 106 Å². The smallest absolute Gasteiger partial charge is 0.336 e. The summed E-state index contributed by atoms with van der Waals surface area (Å²) in [4.78, 5) is 22.7. The van der Waals surface area contributed by atoms with Gasteiger partial charge in [-0.05, 0) is 37.8 Å². The number of esters is 2. The summed E-state index contributed by atoms with van der Waals surface area (Å²) in [5.74, 6) is 0.328. The van der Waals surface area contributed by atoms with Gasteiger partial charge in [-0.1, -0.05) is 0 Å². The third kappa shape index (κ3) is 3.87. The van der Waals surface area contributed by atoms with Crippen LogP contribution in [0.3, 0.4) is 0 Å². The molecule has 0 aliphatic heterocycles. The van der Waals surface area contributed by atoms with Gasteiger partial charge < -0.3 is 9.47 Å². The topological polar surface area (TPSA) is 52.6 Å². The Kier molecular flexibility index (Phi) is 4.34. The molecule has 0 saturated carbocycles. The second kappa shape index (κ2) is 6.19. The number of carbonyl (C=O) groups excluding carboxylic acids is 2. The Bertz CT molecular complexity index is 389. The maximum atomic E-state index is 11.4. The van der Waals surface area contributed by atoms with Crippen LogP contribution in [0, 0.1) is 0 Å². The molecule has 0 spiro atoms. The van der Waals surface area contributed by atoms with Gasteiger partial charge >= 0.3 is 11.9 Å². The average Bonchev–Trinajstić information content (AvgIpc) is 2.99. The van der Waals surface area contributed by atoms with Gasteiger partial charge in [-0.15, -0.1) is 0 Å². The molecule has 0 unspecified atom stereocenters. The standard InChI is InChI=1S/C14H16O4/c15-13(17-11-5-1-2-6-11)9-10-14(16)18-12-7-3-4-8-12/h5,7,9-10H,1-4,6,8H2/b10-9+. The molecule has 0 saturated heterocycles. The minimum atomic E-state index is -0.527. The third-order valence-electron chi connectivity index (χ3n) is 2.82. The molecule has 0 bridgehead atoms. The minimum Gasteiger partial charge on any atom is -0.428 e. The monoisotopic (exact) mass is 248 g/mol. The molecule has 4 nitrogen and oxygen atoms in total. The zero-order chi connectivity index (χ0) is 12.8. The Morgan fingerprint density at radius 2 is 1.33 bits per heavy atom. The lowest BCUT2D eigenvalue weighted by molar-refractivity contribution is -0.136. The summed E-state index contributed by atoms with van der Waals surface area (Å²) in [6.07, 6.45) is 11.5. The predicted molar refractivity (Wildman–Crippen MR) is 65.2 cm³/mol. The van der Waals surface area contributed by atoms with E-state index < -0.39 is 11.9 Å². The highest BCUT2D eigenvalue weighted by atomic mass is 16.5. The van der Waals surface area contributed by atoms with E-state index in [1.165, 1.54) is 0 Å². The van der Waals surface area contributed by atoms with Gasteiger partial charge in [-0.3, -0.25) is 0 Å². The van der Waals surface area contributed by atoms with Crippen molar-refractivity contribution >= 4 is 11.9 Å². The van der Waals surface area contributed by atoms with E-state index in [1.54, 1.807) is 0 Å². The summed E-state index contributed by atoms with van der Waals surface area (Å²) < 4.78 is 10.1. The first-order valence-electron chi connectivity index (χ1n) is 6.24. The van der Waals surface area contributed by atoms with Crippen LogP contribution in [0.1, 0.15) is 38.5 Å². The van der Waals surface area contributed by atoms with Crippen molar-refractivity contribution in [2.45, 2.75) is 38.5 Å². The summed E-state index contributed by atoms with van der Waals surface area (Å²) in [5.41, 5.74) is 0. The van der Waals surface area contributed by atoms with Crippen molar-refractivity contribution in [3.63, 3.8) is 0 Å². The van der Waals surface area contributed by atoms with Crippen molar-refractivity contribution in [1.82, 2.24) is 0 Å². The van der Waals surface area contributed by atoms with Crippen LogP contribution in [0.25, 0.3) is 0 Å². The molecule has 2 rings (SSSR count). The van der Waals surface area contributed by atoms with Crippen LogP contribution in [0.5, 0.6) is 0 Å². The van der Waals surface area contributed by atoms with E-state index in [9.17, 15) is 9.59 Å². The van der Waals surface area contributed by atoms with E-state index in [1.807, 2.05) is 12.2 Å². The Balaban J connectivity index is 1.75. The highest BCUT2D eigenvalue weighted by Crippen LogP contribution is 2.19. The number of carbonyl (C=O) groups is 2. The van der Waals surface area contributed by atoms with Gasteiger partial charge in [0.2, 0.25) is 0 Å². The molecule has 96 valence electrons. The molecule has 0 radical (unpaired) electrons. The first-order valence-corrected chi connectivity index (χ1v) is 6.24. The third-order valence-corrected chi connectivity index (χ3v) is 2.82.